The van der Waals surface area contributed by atoms with Crippen LogP contribution in [0.15, 0.2) is 39.3 Å². The van der Waals surface area contributed by atoms with Crippen molar-refractivity contribution in [3.8, 4) is 5.75 Å². The van der Waals surface area contributed by atoms with Crippen molar-refractivity contribution in [2.45, 2.75) is 11.8 Å². The second-order valence-corrected chi connectivity index (χ2v) is 7.46. The Kier molecular flexibility index (Phi) is 5.57. The Morgan fingerprint density at radius 1 is 1.05 bits per heavy atom. The highest BCUT2D eigenvalue weighted by atomic mass is 79.9. The van der Waals surface area contributed by atoms with Crippen LogP contribution in [-0.4, -0.2) is 7.11 Å². The van der Waals surface area contributed by atoms with E-state index in [0.717, 1.165) is 25.8 Å². The summed E-state index contributed by atoms with van der Waals surface area (Å²) in [4.78, 5) is -0.0116. The highest BCUT2D eigenvalue weighted by Crippen LogP contribution is 2.44. The Morgan fingerprint density at radius 3 is 2.35 bits per heavy atom. The molecule has 0 spiro atoms. The minimum Gasteiger partial charge on any atom is -0.495 e. The second kappa shape index (κ2) is 6.82. The average Bonchev–Trinajstić information content (AvgIpc) is 2.37. The van der Waals surface area contributed by atoms with Gasteiger partial charge in [0.15, 0.2) is 0 Å². The van der Waals surface area contributed by atoms with E-state index in [-0.39, 0.29) is 4.83 Å². The zero-order valence-corrected chi connectivity index (χ0v) is 16.4. The lowest BCUT2D eigenvalue weighted by atomic mass is 10.0. The van der Waals surface area contributed by atoms with Crippen molar-refractivity contribution in [2.75, 3.05) is 7.11 Å². The quantitative estimate of drug-likeness (QED) is 0.444. The van der Waals surface area contributed by atoms with E-state index in [0.29, 0.717) is 5.02 Å². The van der Waals surface area contributed by atoms with Crippen LogP contribution in [0.3, 0.4) is 0 Å². The summed E-state index contributed by atoms with van der Waals surface area (Å²) >= 11 is 17.0. The van der Waals surface area contributed by atoms with Gasteiger partial charge < -0.3 is 4.74 Å². The number of hydrogen-bond acceptors (Lipinski definition) is 1. The molecule has 0 saturated heterocycles. The number of alkyl halides is 1. The van der Waals surface area contributed by atoms with Crippen LogP contribution in [0.4, 0.5) is 0 Å². The van der Waals surface area contributed by atoms with Crippen LogP contribution >= 0.6 is 59.4 Å². The van der Waals surface area contributed by atoms with Gasteiger partial charge in [-0.05, 0) is 52.2 Å². The van der Waals surface area contributed by atoms with Crippen molar-refractivity contribution in [3.05, 3.63) is 61.0 Å². The largest absolute Gasteiger partial charge is 0.495 e. The monoisotopic (exact) mass is 480 g/mol. The number of rotatable bonds is 3. The van der Waals surface area contributed by atoms with E-state index in [4.69, 9.17) is 16.3 Å². The van der Waals surface area contributed by atoms with Gasteiger partial charge in [0.25, 0.3) is 0 Å². The standard InChI is InChI=1S/C15H12Br3ClO/c1-8-3-4-10(12(16)5-8)14(18)11-6-9(19)7-13(17)15(11)20-2/h3-7,14H,1-2H3. The van der Waals surface area contributed by atoms with Gasteiger partial charge >= 0.3 is 0 Å². The Balaban J connectivity index is 2.55. The summed E-state index contributed by atoms with van der Waals surface area (Å²) in [7, 11) is 1.65. The van der Waals surface area contributed by atoms with Crippen molar-refractivity contribution in [1.82, 2.24) is 0 Å². The maximum Gasteiger partial charge on any atom is 0.137 e. The molecule has 0 aliphatic carbocycles. The number of ether oxygens (including phenoxy) is 1. The van der Waals surface area contributed by atoms with Gasteiger partial charge in [-0.2, -0.15) is 0 Å². The summed E-state index contributed by atoms with van der Waals surface area (Å²) in [6.45, 7) is 2.06. The van der Waals surface area contributed by atoms with E-state index < -0.39 is 0 Å². The third-order valence-corrected chi connectivity index (χ3v) is 5.42. The maximum absolute atomic E-state index is 6.16. The van der Waals surface area contributed by atoms with Crippen LogP contribution in [0.5, 0.6) is 5.75 Å². The van der Waals surface area contributed by atoms with Crippen LogP contribution in [-0.2, 0) is 0 Å². The summed E-state index contributed by atoms with van der Waals surface area (Å²) in [6.07, 6.45) is 0. The highest BCUT2D eigenvalue weighted by Gasteiger charge is 2.20. The SMILES string of the molecule is COc1c(Br)cc(Cl)cc1C(Br)c1ccc(C)cc1Br. The summed E-state index contributed by atoms with van der Waals surface area (Å²) in [6, 6.07) is 10.0. The predicted molar refractivity (Wildman–Crippen MR) is 95.4 cm³/mol. The fourth-order valence-corrected chi connectivity index (χ4v) is 4.75. The third-order valence-electron chi connectivity index (χ3n) is 2.94. The molecule has 0 aliphatic heterocycles. The summed E-state index contributed by atoms with van der Waals surface area (Å²) < 4.78 is 7.38. The number of methoxy groups -OCH3 is 1. The predicted octanol–water partition coefficient (Wildman–Crippen LogP) is 6.67. The van der Waals surface area contributed by atoms with Gasteiger partial charge in [-0.3, -0.25) is 0 Å². The van der Waals surface area contributed by atoms with Gasteiger partial charge in [-0.15, -0.1) is 0 Å². The van der Waals surface area contributed by atoms with Crippen molar-refractivity contribution in [3.63, 3.8) is 0 Å². The van der Waals surface area contributed by atoms with Crippen molar-refractivity contribution >= 4 is 59.4 Å². The first-order valence-electron chi connectivity index (χ1n) is 5.87. The molecule has 0 fully saturated rings. The highest BCUT2D eigenvalue weighted by molar-refractivity contribution is 9.11. The number of benzene rings is 2. The number of aryl methyl sites for hydroxylation is 1. The van der Waals surface area contributed by atoms with Gasteiger partial charge in [0.2, 0.25) is 0 Å². The molecule has 1 atom stereocenters. The minimum atomic E-state index is -0.0116. The molecule has 0 N–H and O–H groups in total. The molecule has 0 aromatic heterocycles. The Labute approximate surface area is 149 Å². The Hall–Kier alpha value is -0.0300. The molecule has 0 bridgehead atoms. The molecular weight excluding hydrogens is 471 g/mol. The molecule has 2 rings (SSSR count). The molecule has 20 heavy (non-hydrogen) atoms. The van der Waals surface area contributed by atoms with Gasteiger partial charge in [0.05, 0.1) is 16.4 Å². The lowest BCUT2D eigenvalue weighted by Crippen LogP contribution is -1.99. The van der Waals surface area contributed by atoms with Crippen molar-refractivity contribution < 1.29 is 4.74 Å². The van der Waals surface area contributed by atoms with Gasteiger partial charge in [0, 0.05) is 15.1 Å². The molecule has 0 amide bonds. The van der Waals surface area contributed by atoms with E-state index >= 15 is 0 Å². The smallest absolute Gasteiger partial charge is 0.137 e. The Morgan fingerprint density at radius 2 is 1.75 bits per heavy atom. The van der Waals surface area contributed by atoms with Crippen LogP contribution in [0.1, 0.15) is 21.5 Å². The van der Waals surface area contributed by atoms with Crippen molar-refractivity contribution in [1.29, 1.82) is 0 Å². The molecule has 2 aromatic carbocycles. The molecular formula is C15H12Br3ClO. The van der Waals surface area contributed by atoms with Crippen LogP contribution < -0.4 is 4.74 Å². The summed E-state index contributed by atoms with van der Waals surface area (Å²) in [5.41, 5.74) is 3.32. The van der Waals surface area contributed by atoms with E-state index in [9.17, 15) is 0 Å². The number of halogens is 4. The van der Waals surface area contributed by atoms with Crippen LogP contribution in [0.2, 0.25) is 5.02 Å². The first kappa shape index (κ1) is 16.3. The average molecular weight is 483 g/mol. The van der Waals surface area contributed by atoms with E-state index in [1.165, 1.54) is 5.56 Å². The molecule has 0 saturated carbocycles. The topological polar surface area (TPSA) is 9.23 Å². The molecule has 1 unspecified atom stereocenters. The van der Waals surface area contributed by atoms with Gasteiger partial charge in [-0.1, -0.05) is 55.6 Å². The molecule has 0 heterocycles. The lowest BCUT2D eigenvalue weighted by Gasteiger charge is -2.18. The zero-order valence-electron chi connectivity index (χ0n) is 10.9. The van der Waals surface area contributed by atoms with E-state index in [1.54, 1.807) is 7.11 Å². The minimum absolute atomic E-state index is 0.0116. The maximum atomic E-state index is 6.16. The summed E-state index contributed by atoms with van der Waals surface area (Å²) in [5, 5.41) is 0.667. The van der Waals surface area contributed by atoms with Crippen LogP contribution in [0, 0.1) is 6.92 Å². The Bertz CT molecular complexity index is 643. The molecule has 0 radical (unpaired) electrons. The lowest BCUT2D eigenvalue weighted by molar-refractivity contribution is 0.408. The molecule has 106 valence electrons. The van der Waals surface area contributed by atoms with Gasteiger partial charge in [-0.25, -0.2) is 0 Å². The van der Waals surface area contributed by atoms with Gasteiger partial charge in [0.1, 0.15) is 5.75 Å². The summed E-state index contributed by atoms with van der Waals surface area (Å²) in [5.74, 6) is 0.781. The molecule has 2 aromatic rings. The first-order chi connectivity index (χ1) is 9.43. The van der Waals surface area contributed by atoms with Crippen LogP contribution in [0.25, 0.3) is 0 Å². The third kappa shape index (κ3) is 3.41. The zero-order chi connectivity index (χ0) is 14.9. The first-order valence-corrected chi connectivity index (χ1v) is 8.75. The normalized spacial score (nSPS) is 12.3. The molecule has 0 aliphatic rings. The molecule has 5 heteroatoms. The fourth-order valence-electron chi connectivity index (χ4n) is 1.99. The van der Waals surface area contributed by atoms with E-state index in [2.05, 4.69) is 72.9 Å². The van der Waals surface area contributed by atoms with E-state index in [1.807, 2.05) is 12.1 Å². The van der Waals surface area contributed by atoms with Crippen molar-refractivity contribution in [2.24, 2.45) is 0 Å². The number of hydrogen-bond donors (Lipinski definition) is 0. The molecule has 1 nitrogen and oxygen atoms in total. The fraction of sp³-hybridized carbons (Fsp3) is 0.200. The second-order valence-electron chi connectivity index (χ2n) is 4.40.